The van der Waals surface area contributed by atoms with Crippen LogP contribution in [0.25, 0.3) is 0 Å². The summed E-state index contributed by atoms with van der Waals surface area (Å²) in [6, 6.07) is 5.78. The minimum Gasteiger partial charge on any atom is -0.235 e. The summed E-state index contributed by atoms with van der Waals surface area (Å²) >= 11 is 9.43. The zero-order chi connectivity index (χ0) is 9.26. The van der Waals surface area contributed by atoms with Crippen LogP contribution in [0.1, 0.15) is 5.56 Å². The Balaban J connectivity index is 0.000000980. The largest absolute Gasteiger partial charge is 0.235 e. The van der Waals surface area contributed by atoms with Crippen LogP contribution in [-0.2, 0) is 0 Å². The molecule has 1 nitrogen and oxygen atoms in total. The quantitative estimate of drug-likeness (QED) is 0.742. The Hall–Kier alpha value is 0.170. The van der Waals surface area contributed by atoms with E-state index >= 15 is 0 Å². The Kier molecular flexibility index (Phi) is 4.64. The van der Waals surface area contributed by atoms with E-state index in [0.717, 1.165) is 25.7 Å². The highest BCUT2D eigenvalue weighted by molar-refractivity contribution is 8.52. The van der Waals surface area contributed by atoms with Crippen molar-refractivity contribution in [2.24, 2.45) is 4.99 Å². The summed E-state index contributed by atoms with van der Waals surface area (Å²) in [4.78, 5) is 4.49. The molecule has 0 saturated carbocycles. The third-order valence-electron chi connectivity index (χ3n) is 1.74. The standard InChI is InChI=1S/C9H8ClNS2.ClH/c1-6-4-7(10)2-3-8(6)11-9-12-5-13-9;/h2-4H,5H2,1H3;1H. The molecule has 76 valence electrons. The maximum Gasteiger partial charge on any atom is 0.132 e. The molecule has 0 radical (unpaired) electrons. The van der Waals surface area contributed by atoms with Gasteiger partial charge < -0.3 is 0 Å². The van der Waals surface area contributed by atoms with Crippen LogP contribution in [-0.4, -0.2) is 9.46 Å². The van der Waals surface area contributed by atoms with E-state index in [-0.39, 0.29) is 12.4 Å². The molecule has 0 bridgehead atoms. The van der Waals surface area contributed by atoms with E-state index in [4.69, 9.17) is 11.6 Å². The Bertz CT molecular complexity index is 360. The van der Waals surface area contributed by atoms with Crippen molar-refractivity contribution in [3.8, 4) is 0 Å². The maximum absolute atomic E-state index is 5.84. The molecule has 2 rings (SSSR count). The summed E-state index contributed by atoms with van der Waals surface area (Å²) < 4.78 is 1.16. The van der Waals surface area contributed by atoms with Gasteiger partial charge in [0, 0.05) is 5.02 Å². The third-order valence-corrected chi connectivity index (χ3v) is 4.30. The molecule has 1 saturated heterocycles. The van der Waals surface area contributed by atoms with E-state index in [2.05, 4.69) is 4.99 Å². The zero-order valence-electron chi connectivity index (χ0n) is 7.49. The van der Waals surface area contributed by atoms with E-state index in [1.54, 1.807) is 23.5 Å². The van der Waals surface area contributed by atoms with Gasteiger partial charge in [0.2, 0.25) is 0 Å². The number of hydrogen-bond acceptors (Lipinski definition) is 3. The second-order valence-corrected chi connectivity index (χ2v) is 5.70. The second-order valence-electron chi connectivity index (χ2n) is 2.72. The fraction of sp³-hybridized carbons (Fsp3) is 0.222. The van der Waals surface area contributed by atoms with Crippen molar-refractivity contribution in [2.75, 3.05) is 5.08 Å². The molecule has 0 amide bonds. The molecule has 1 heterocycles. The van der Waals surface area contributed by atoms with Crippen molar-refractivity contribution >= 4 is 57.6 Å². The van der Waals surface area contributed by atoms with Crippen molar-refractivity contribution in [1.82, 2.24) is 0 Å². The molecular formula is C9H9Cl2NS2. The number of benzene rings is 1. The van der Waals surface area contributed by atoms with Gasteiger partial charge in [-0.15, -0.1) is 12.4 Å². The van der Waals surface area contributed by atoms with Crippen LogP contribution in [0.5, 0.6) is 0 Å². The van der Waals surface area contributed by atoms with Crippen molar-refractivity contribution < 1.29 is 0 Å². The van der Waals surface area contributed by atoms with E-state index in [0.29, 0.717) is 0 Å². The molecular weight excluding hydrogens is 257 g/mol. The zero-order valence-corrected chi connectivity index (χ0v) is 10.7. The molecule has 14 heavy (non-hydrogen) atoms. The lowest BCUT2D eigenvalue weighted by molar-refractivity contribution is 1.41. The molecule has 1 aromatic carbocycles. The first-order valence-electron chi connectivity index (χ1n) is 3.86. The fourth-order valence-corrected chi connectivity index (χ4v) is 2.46. The Morgan fingerprint density at radius 3 is 2.57 bits per heavy atom. The summed E-state index contributed by atoms with van der Waals surface area (Å²) in [5.74, 6) is 0. The normalized spacial score (nSPS) is 14.3. The summed E-state index contributed by atoms with van der Waals surface area (Å²) in [5, 5.41) is 1.90. The topological polar surface area (TPSA) is 12.4 Å². The monoisotopic (exact) mass is 265 g/mol. The van der Waals surface area contributed by atoms with Crippen molar-refractivity contribution in [3.63, 3.8) is 0 Å². The highest BCUT2D eigenvalue weighted by atomic mass is 35.5. The first-order chi connectivity index (χ1) is 6.25. The predicted molar refractivity (Wildman–Crippen MR) is 70.6 cm³/mol. The van der Waals surface area contributed by atoms with E-state index in [9.17, 15) is 0 Å². The van der Waals surface area contributed by atoms with Crippen LogP contribution in [0.15, 0.2) is 23.2 Å². The number of halogens is 2. The van der Waals surface area contributed by atoms with Gasteiger partial charge in [0.1, 0.15) is 4.38 Å². The number of aliphatic imine (C=N–C) groups is 1. The fourth-order valence-electron chi connectivity index (χ4n) is 1.02. The number of thioether (sulfide) groups is 2. The van der Waals surface area contributed by atoms with E-state index in [1.165, 1.54) is 0 Å². The number of hydrogen-bond donors (Lipinski definition) is 0. The predicted octanol–water partition coefficient (Wildman–Crippen LogP) is 4.50. The first-order valence-corrected chi connectivity index (χ1v) is 6.21. The van der Waals surface area contributed by atoms with Crippen molar-refractivity contribution in [3.05, 3.63) is 28.8 Å². The summed E-state index contributed by atoms with van der Waals surface area (Å²) in [5.41, 5.74) is 2.16. The van der Waals surface area contributed by atoms with Gasteiger partial charge >= 0.3 is 0 Å². The van der Waals surface area contributed by atoms with Crippen LogP contribution in [0.2, 0.25) is 5.02 Å². The smallest absolute Gasteiger partial charge is 0.132 e. The van der Waals surface area contributed by atoms with Crippen LogP contribution in [0.3, 0.4) is 0 Å². The summed E-state index contributed by atoms with van der Waals surface area (Å²) in [7, 11) is 0. The molecule has 0 aliphatic carbocycles. The molecule has 0 spiro atoms. The minimum absolute atomic E-state index is 0. The van der Waals surface area contributed by atoms with Gasteiger partial charge in [-0.3, -0.25) is 0 Å². The number of rotatable bonds is 1. The average Bonchev–Trinajstić information content (AvgIpc) is 1.99. The first kappa shape index (κ1) is 12.2. The van der Waals surface area contributed by atoms with Crippen LogP contribution >= 0.6 is 47.5 Å². The molecule has 0 N–H and O–H groups in total. The Morgan fingerprint density at radius 2 is 2.07 bits per heavy atom. The van der Waals surface area contributed by atoms with Gasteiger partial charge in [0.05, 0.1) is 10.8 Å². The third kappa shape index (κ3) is 2.83. The molecule has 1 fully saturated rings. The van der Waals surface area contributed by atoms with Crippen LogP contribution in [0.4, 0.5) is 5.69 Å². The van der Waals surface area contributed by atoms with Gasteiger partial charge in [-0.1, -0.05) is 35.1 Å². The van der Waals surface area contributed by atoms with Gasteiger partial charge in [-0.05, 0) is 30.7 Å². The molecule has 1 aliphatic rings. The molecule has 0 unspecified atom stereocenters. The number of aryl methyl sites for hydroxylation is 1. The second kappa shape index (κ2) is 5.31. The van der Waals surface area contributed by atoms with Gasteiger partial charge in [0.15, 0.2) is 0 Å². The average molecular weight is 266 g/mol. The Morgan fingerprint density at radius 1 is 1.36 bits per heavy atom. The van der Waals surface area contributed by atoms with Crippen LogP contribution < -0.4 is 0 Å². The lowest BCUT2D eigenvalue weighted by Gasteiger charge is -2.13. The van der Waals surface area contributed by atoms with Crippen LogP contribution in [0, 0.1) is 6.92 Å². The molecule has 1 aliphatic heterocycles. The molecule has 0 atom stereocenters. The summed E-state index contributed by atoms with van der Waals surface area (Å²) in [6.07, 6.45) is 0. The van der Waals surface area contributed by atoms with E-state index in [1.807, 2.05) is 25.1 Å². The summed E-state index contributed by atoms with van der Waals surface area (Å²) in [6.45, 7) is 2.03. The van der Waals surface area contributed by atoms with E-state index < -0.39 is 0 Å². The Labute approximate surface area is 103 Å². The maximum atomic E-state index is 5.84. The molecule has 1 aromatic rings. The van der Waals surface area contributed by atoms with Gasteiger partial charge in [0.25, 0.3) is 0 Å². The molecule has 0 aromatic heterocycles. The molecule has 5 heteroatoms. The van der Waals surface area contributed by atoms with Crippen molar-refractivity contribution in [2.45, 2.75) is 6.92 Å². The lowest BCUT2D eigenvalue weighted by atomic mass is 10.2. The SMILES string of the molecule is Cc1cc(Cl)ccc1N=C1SCS1.Cl. The highest BCUT2D eigenvalue weighted by Gasteiger charge is 2.12. The highest BCUT2D eigenvalue weighted by Crippen LogP contribution is 2.35. The lowest BCUT2D eigenvalue weighted by Crippen LogP contribution is -1.97. The van der Waals surface area contributed by atoms with Crippen molar-refractivity contribution in [1.29, 1.82) is 0 Å². The van der Waals surface area contributed by atoms with Gasteiger partial charge in [-0.2, -0.15) is 0 Å². The number of nitrogens with zero attached hydrogens (tertiary/aromatic N) is 1. The van der Waals surface area contributed by atoms with Gasteiger partial charge in [-0.25, -0.2) is 4.99 Å². The minimum atomic E-state index is 0.